The van der Waals surface area contributed by atoms with Gasteiger partial charge in [-0.15, -0.1) is 11.3 Å². The lowest BCUT2D eigenvalue weighted by atomic mass is 10.0. The molecule has 0 spiro atoms. The molecule has 0 saturated heterocycles. The van der Waals surface area contributed by atoms with Crippen LogP contribution in [0.25, 0.3) is 11.1 Å². The number of anilines is 1. The van der Waals surface area contributed by atoms with Crippen LogP contribution in [-0.4, -0.2) is 30.5 Å². The Morgan fingerprint density at radius 1 is 1.27 bits per heavy atom. The Morgan fingerprint density at radius 2 is 1.96 bits per heavy atom. The first kappa shape index (κ1) is 21.0. The topological polar surface area (TPSA) is 55.4 Å². The highest BCUT2D eigenvalue weighted by atomic mass is 79.9. The molecule has 1 N–H and O–H groups in total. The largest absolute Gasteiger partial charge is 0.462 e. The quantitative estimate of drug-likeness (QED) is 0.406. The number of hydrogen-bond acceptors (Lipinski definition) is 5. The summed E-state index contributed by atoms with van der Waals surface area (Å²) in [5.74, 6) is 0.452. The number of esters is 1. The van der Waals surface area contributed by atoms with Crippen molar-refractivity contribution in [3.8, 4) is 11.1 Å². The second-order valence-electron chi connectivity index (χ2n) is 5.61. The first-order valence-corrected chi connectivity index (χ1v) is 11.3. The number of thiophene rings is 1. The van der Waals surface area contributed by atoms with Crippen LogP contribution in [0.15, 0.2) is 28.7 Å². The molecule has 1 aromatic heterocycles. The maximum absolute atomic E-state index is 12.6. The zero-order chi connectivity index (χ0) is 19.1. The number of rotatable bonds is 8. The number of thioether (sulfide) groups is 1. The number of aryl methyl sites for hydroxylation is 1. The minimum Gasteiger partial charge on any atom is -0.462 e. The van der Waals surface area contributed by atoms with Gasteiger partial charge in [0.25, 0.3) is 0 Å². The number of hydrogen-bond donors (Lipinski definition) is 1. The molecule has 0 aliphatic heterocycles. The Morgan fingerprint density at radius 3 is 2.58 bits per heavy atom. The fourth-order valence-corrected chi connectivity index (χ4v) is 4.34. The van der Waals surface area contributed by atoms with E-state index >= 15 is 0 Å². The summed E-state index contributed by atoms with van der Waals surface area (Å²) in [7, 11) is 0. The molecule has 2 aromatic rings. The maximum atomic E-state index is 12.6. The maximum Gasteiger partial charge on any atom is 0.341 e. The van der Waals surface area contributed by atoms with E-state index in [1.54, 1.807) is 18.7 Å². The molecule has 0 bridgehead atoms. The highest BCUT2D eigenvalue weighted by Gasteiger charge is 2.25. The molecule has 7 heteroatoms. The molecule has 0 atom stereocenters. The summed E-state index contributed by atoms with van der Waals surface area (Å²) in [6.45, 7) is 4.01. The third kappa shape index (κ3) is 5.34. The van der Waals surface area contributed by atoms with Crippen LogP contribution in [0.3, 0.4) is 0 Å². The molecule has 0 saturated carbocycles. The summed E-state index contributed by atoms with van der Waals surface area (Å²) >= 11 is 6.56. The van der Waals surface area contributed by atoms with Gasteiger partial charge in [0, 0.05) is 21.3 Å². The van der Waals surface area contributed by atoms with Crippen LogP contribution in [0.2, 0.25) is 0 Å². The van der Waals surface area contributed by atoms with Crippen molar-refractivity contribution in [1.82, 2.24) is 0 Å². The van der Waals surface area contributed by atoms with E-state index in [2.05, 4.69) is 21.2 Å². The van der Waals surface area contributed by atoms with Gasteiger partial charge in [0.05, 0.1) is 6.61 Å². The highest BCUT2D eigenvalue weighted by molar-refractivity contribution is 9.10. The number of nitrogens with one attached hydrogen (secondary N) is 1. The van der Waals surface area contributed by atoms with Crippen LogP contribution in [0.4, 0.5) is 5.00 Å². The van der Waals surface area contributed by atoms with Gasteiger partial charge in [-0.05, 0) is 50.0 Å². The normalized spacial score (nSPS) is 10.6. The van der Waals surface area contributed by atoms with E-state index in [1.807, 2.05) is 37.4 Å². The van der Waals surface area contributed by atoms with Gasteiger partial charge >= 0.3 is 5.97 Å². The second kappa shape index (κ2) is 10.1. The van der Waals surface area contributed by atoms with Crippen molar-refractivity contribution in [1.29, 1.82) is 0 Å². The van der Waals surface area contributed by atoms with Crippen molar-refractivity contribution < 1.29 is 14.3 Å². The Labute approximate surface area is 170 Å². The van der Waals surface area contributed by atoms with Crippen LogP contribution in [0.1, 0.15) is 35.0 Å². The van der Waals surface area contributed by atoms with E-state index in [9.17, 15) is 9.59 Å². The molecule has 2 rings (SSSR count). The van der Waals surface area contributed by atoms with Crippen molar-refractivity contribution in [2.24, 2.45) is 0 Å². The Balaban J connectivity index is 2.39. The molecule has 1 heterocycles. The van der Waals surface area contributed by atoms with Gasteiger partial charge in [-0.2, -0.15) is 11.8 Å². The van der Waals surface area contributed by atoms with Gasteiger partial charge in [0.15, 0.2) is 0 Å². The van der Waals surface area contributed by atoms with E-state index in [0.29, 0.717) is 17.0 Å². The van der Waals surface area contributed by atoms with E-state index in [1.165, 1.54) is 11.3 Å². The predicted octanol–water partition coefficient (Wildman–Crippen LogP) is 5.74. The predicted molar refractivity (Wildman–Crippen MR) is 114 cm³/mol. The van der Waals surface area contributed by atoms with Gasteiger partial charge in [-0.25, -0.2) is 4.79 Å². The molecule has 0 radical (unpaired) electrons. The first-order chi connectivity index (χ1) is 12.5. The third-order valence-electron chi connectivity index (χ3n) is 3.70. The molecule has 0 unspecified atom stereocenters. The smallest absolute Gasteiger partial charge is 0.341 e. The van der Waals surface area contributed by atoms with Gasteiger partial charge in [0.1, 0.15) is 10.6 Å². The van der Waals surface area contributed by atoms with E-state index in [0.717, 1.165) is 32.7 Å². The summed E-state index contributed by atoms with van der Waals surface area (Å²) in [5, 5.41) is 3.47. The summed E-state index contributed by atoms with van der Waals surface area (Å²) in [5.41, 5.74) is 2.18. The van der Waals surface area contributed by atoms with Crippen molar-refractivity contribution in [3.63, 3.8) is 0 Å². The molecular formula is C19H22BrNO3S2. The van der Waals surface area contributed by atoms with Crippen LogP contribution in [0.5, 0.6) is 0 Å². The SMILES string of the molecule is CCOC(=O)c1c(NC(=O)CCCSC)sc(C)c1-c1ccc(Br)cc1. The highest BCUT2D eigenvalue weighted by Crippen LogP contribution is 2.40. The van der Waals surface area contributed by atoms with Crippen molar-refractivity contribution in [2.45, 2.75) is 26.7 Å². The summed E-state index contributed by atoms with van der Waals surface area (Å²) in [6, 6.07) is 7.77. The van der Waals surface area contributed by atoms with E-state index in [4.69, 9.17) is 4.74 Å². The number of halogens is 1. The lowest BCUT2D eigenvalue weighted by Gasteiger charge is -2.09. The molecule has 0 aliphatic carbocycles. The molecule has 1 aromatic carbocycles. The third-order valence-corrected chi connectivity index (χ3v) is 5.95. The molecular weight excluding hydrogens is 434 g/mol. The number of carbonyl (C=O) groups is 2. The standard InChI is InChI=1S/C19H22BrNO3S2/c1-4-24-19(23)17-16(13-7-9-14(20)10-8-13)12(2)26-18(17)21-15(22)6-5-11-25-3/h7-10H,4-6,11H2,1-3H3,(H,21,22). The summed E-state index contributed by atoms with van der Waals surface area (Å²) in [6.07, 6.45) is 3.27. The second-order valence-corrected chi connectivity index (χ2v) is 8.74. The molecule has 1 amide bonds. The Hall–Kier alpha value is -1.31. The van der Waals surface area contributed by atoms with Gasteiger partial charge in [-0.3, -0.25) is 4.79 Å². The van der Waals surface area contributed by atoms with Gasteiger partial charge < -0.3 is 10.1 Å². The molecule has 0 aliphatic rings. The van der Waals surface area contributed by atoms with Crippen LogP contribution >= 0.6 is 39.0 Å². The number of ether oxygens (including phenoxy) is 1. The van der Waals surface area contributed by atoms with Crippen molar-refractivity contribution >= 4 is 55.9 Å². The zero-order valence-corrected chi connectivity index (χ0v) is 18.3. The average molecular weight is 456 g/mol. The fourth-order valence-electron chi connectivity index (χ4n) is 2.56. The zero-order valence-electron chi connectivity index (χ0n) is 15.1. The van der Waals surface area contributed by atoms with Crippen molar-refractivity contribution in [2.75, 3.05) is 23.9 Å². The van der Waals surface area contributed by atoms with Crippen molar-refractivity contribution in [3.05, 3.63) is 39.2 Å². The lowest BCUT2D eigenvalue weighted by molar-refractivity contribution is -0.116. The first-order valence-electron chi connectivity index (χ1n) is 8.33. The minimum atomic E-state index is -0.408. The minimum absolute atomic E-state index is 0.0757. The van der Waals surface area contributed by atoms with E-state index in [-0.39, 0.29) is 12.5 Å². The number of benzene rings is 1. The van der Waals surface area contributed by atoms with Crippen LogP contribution in [-0.2, 0) is 9.53 Å². The monoisotopic (exact) mass is 455 g/mol. The fraction of sp³-hybridized carbons (Fsp3) is 0.368. The molecule has 140 valence electrons. The molecule has 0 fully saturated rings. The summed E-state index contributed by atoms with van der Waals surface area (Å²) < 4.78 is 6.22. The Bertz CT molecular complexity index is 772. The van der Waals surface area contributed by atoms with Gasteiger partial charge in [-0.1, -0.05) is 28.1 Å². The number of carbonyl (C=O) groups excluding carboxylic acids is 2. The Kier molecular flexibility index (Phi) is 8.18. The molecule has 26 heavy (non-hydrogen) atoms. The average Bonchev–Trinajstić information content (AvgIpc) is 2.92. The van der Waals surface area contributed by atoms with Crippen LogP contribution in [0, 0.1) is 6.92 Å². The van der Waals surface area contributed by atoms with Gasteiger partial charge in [0.2, 0.25) is 5.91 Å². The molecule has 4 nitrogen and oxygen atoms in total. The number of amides is 1. The summed E-state index contributed by atoms with van der Waals surface area (Å²) in [4.78, 5) is 25.8. The lowest BCUT2D eigenvalue weighted by Crippen LogP contribution is -2.14. The van der Waals surface area contributed by atoms with E-state index < -0.39 is 5.97 Å². The van der Waals surface area contributed by atoms with Crippen LogP contribution < -0.4 is 5.32 Å².